The summed E-state index contributed by atoms with van der Waals surface area (Å²) in [6.45, 7) is 0. The van der Waals surface area contributed by atoms with Crippen LogP contribution in [-0.4, -0.2) is 9.97 Å². The Morgan fingerprint density at radius 1 is 0.448 bits per heavy atom. The SMILES string of the molecule is c1ccc(-c2nc(-c3ccc4c(c3)sc3ccc(-c5cccc6c5-c5ccccc5C65c6ccccc6Oc6ccccc65)cc34)c3oc4ccccc4c3n2)cc1. The first-order valence-corrected chi connectivity index (χ1v) is 20.4. The van der Waals surface area contributed by atoms with E-state index < -0.39 is 5.41 Å². The zero-order chi connectivity index (χ0) is 38.0. The number of hydrogen-bond acceptors (Lipinski definition) is 5. The average Bonchev–Trinajstić information content (AvgIpc) is 3.94. The second-order valence-electron chi connectivity index (χ2n) is 15.2. The van der Waals surface area contributed by atoms with Gasteiger partial charge in [-0.2, -0.15) is 0 Å². The van der Waals surface area contributed by atoms with E-state index in [2.05, 4.69) is 146 Å². The molecule has 0 bridgehead atoms. The number of para-hydroxylation sites is 3. The minimum atomic E-state index is -0.504. The molecule has 58 heavy (non-hydrogen) atoms. The third-order valence-corrected chi connectivity index (χ3v) is 13.3. The van der Waals surface area contributed by atoms with Crippen molar-refractivity contribution >= 4 is 53.6 Å². The second kappa shape index (κ2) is 11.8. The molecule has 8 aromatic carbocycles. The third-order valence-electron chi connectivity index (χ3n) is 12.2. The van der Waals surface area contributed by atoms with Crippen LogP contribution in [-0.2, 0) is 5.41 Å². The maximum absolute atomic E-state index is 6.58. The Morgan fingerprint density at radius 2 is 1.14 bits per heavy atom. The van der Waals surface area contributed by atoms with Gasteiger partial charge in [0.15, 0.2) is 11.4 Å². The van der Waals surface area contributed by atoms with E-state index in [-0.39, 0.29) is 0 Å². The summed E-state index contributed by atoms with van der Waals surface area (Å²) in [7, 11) is 0. The highest BCUT2D eigenvalue weighted by Gasteiger charge is 2.51. The van der Waals surface area contributed by atoms with Crippen LogP contribution in [0.25, 0.3) is 87.1 Å². The van der Waals surface area contributed by atoms with E-state index in [1.54, 1.807) is 0 Å². The predicted octanol–water partition coefficient (Wildman–Crippen LogP) is 14.2. The average molecular weight is 759 g/mol. The van der Waals surface area contributed by atoms with Gasteiger partial charge in [0.2, 0.25) is 0 Å². The zero-order valence-electron chi connectivity index (χ0n) is 30.9. The lowest BCUT2D eigenvalue weighted by Gasteiger charge is -2.39. The van der Waals surface area contributed by atoms with Crippen molar-refractivity contribution in [3.63, 3.8) is 0 Å². The molecule has 3 aromatic heterocycles. The van der Waals surface area contributed by atoms with Gasteiger partial charge in [-0.3, -0.25) is 0 Å². The normalized spacial score (nSPS) is 13.4. The Hall–Kier alpha value is -7.34. The number of thiophene rings is 1. The van der Waals surface area contributed by atoms with Gasteiger partial charge in [0.25, 0.3) is 0 Å². The van der Waals surface area contributed by atoms with E-state index in [4.69, 9.17) is 19.1 Å². The lowest BCUT2D eigenvalue weighted by Crippen LogP contribution is -2.32. The van der Waals surface area contributed by atoms with Crippen LogP contribution in [0.3, 0.4) is 0 Å². The first-order valence-electron chi connectivity index (χ1n) is 19.6. The van der Waals surface area contributed by atoms with Gasteiger partial charge in [-0.1, -0.05) is 140 Å². The van der Waals surface area contributed by atoms with Gasteiger partial charge in [0.05, 0.1) is 5.41 Å². The molecular formula is C53H30N2O2S. The summed E-state index contributed by atoms with van der Waals surface area (Å²) in [6.07, 6.45) is 0. The number of hydrogen-bond donors (Lipinski definition) is 0. The Kier molecular flexibility index (Phi) is 6.49. The highest BCUT2D eigenvalue weighted by atomic mass is 32.1. The first kappa shape index (κ1) is 31.8. The Morgan fingerprint density at radius 3 is 1.98 bits per heavy atom. The molecule has 1 aliphatic carbocycles. The van der Waals surface area contributed by atoms with Crippen molar-refractivity contribution in [3.05, 3.63) is 204 Å². The molecule has 270 valence electrons. The van der Waals surface area contributed by atoms with Crippen LogP contribution >= 0.6 is 11.3 Å². The Bertz CT molecular complexity index is 3460. The molecule has 0 N–H and O–H groups in total. The number of ether oxygens (including phenoxy) is 1. The lowest BCUT2D eigenvalue weighted by molar-refractivity contribution is 0.436. The second-order valence-corrected chi connectivity index (χ2v) is 16.3. The molecule has 0 saturated carbocycles. The quantitative estimate of drug-likeness (QED) is 0.180. The van der Waals surface area contributed by atoms with Crippen molar-refractivity contribution in [2.45, 2.75) is 5.41 Å². The first-order chi connectivity index (χ1) is 28.7. The lowest BCUT2D eigenvalue weighted by atomic mass is 9.66. The molecule has 0 fully saturated rings. The van der Waals surface area contributed by atoms with Crippen molar-refractivity contribution < 1.29 is 9.15 Å². The van der Waals surface area contributed by atoms with Crippen LogP contribution in [0.1, 0.15) is 22.3 Å². The fourth-order valence-corrected chi connectivity index (χ4v) is 10.9. The highest BCUT2D eigenvalue weighted by molar-refractivity contribution is 7.25. The van der Waals surface area contributed by atoms with Crippen molar-refractivity contribution in [1.82, 2.24) is 9.97 Å². The van der Waals surface area contributed by atoms with Gasteiger partial charge in [-0.05, 0) is 75.8 Å². The van der Waals surface area contributed by atoms with Gasteiger partial charge in [-0.15, -0.1) is 11.3 Å². The molecule has 5 heteroatoms. The van der Waals surface area contributed by atoms with E-state index >= 15 is 0 Å². The molecule has 0 unspecified atom stereocenters. The minimum Gasteiger partial charge on any atom is -0.457 e. The summed E-state index contributed by atoms with van der Waals surface area (Å²) in [5.41, 5.74) is 14.5. The zero-order valence-corrected chi connectivity index (χ0v) is 31.8. The summed E-state index contributed by atoms with van der Waals surface area (Å²) in [5, 5.41) is 3.45. The van der Waals surface area contributed by atoms with Gasteiger partial charge >= 0.3 is 0 Å². The number of rotatable bonds is 3. The van der Waals surface area contributed by atoms with Crippen molar-refractivity contribution in [2.24, 2.45) is 0 Å². The maximum Gasteiger partial charge on any atom is 0.180 e. The summed E-state index contributed by atoms with van der Waals surface area (Å²) in [6, 6.07) is 64.8. The minimum absolute atomic E-state index is 0.504. The number of nitrogens with zero attached hydrogens (tertiary/aromatic N) is 2. The Balaban J connectivity index is 0.995. The van der Waals surface area contributed by atoms with Gasteiger partial charge in [-0.25, -0.2) is 9.97 Å². The topological polar surface area (TPSA) is 48.2 Å². The molecule has 4 nitrogen and oxygen atoms in total. The van der Waals surface area contributed by atoms with E-state index in [0.717, 1.165) is 44.8 Å². The van der Waals surface area contributed by atoms with E-state index in [0.29, 0.717) is 11.4 Å². The van der Waals surface area contributed by atoms with E-state index in [1.165, 1.54) is 64.7 Å². The molecule has 13 rings (SSSR count). The summed E-state index contributed by atoms with van der Waals surface area (Å²) in [5.74, 6) is 2.49. The standard InChI is InChI=1S/C53H30N2O2S/c1-2-13-31(14-3-1)52-54-49(51-50(55-52)37-16-5-9-22-43(37)57-51)33-25-27-35-38-29-32(26-28-46(38)58-47(35)30-33)34-17-12-21-42-48(34)36-15-4-6-18-39(36)53(42)40-19-7-10-23-44(40)56-45-24-11-8-20-41(45)53/h1-30H. The number of furan rings is 1. The molecule has 1 aliphatic heterocycles. The molecule has 2 aliphatic rings. The molecule has 0 saturated heterocycles. The summed E-state index contributed by atoms with van der Waals surface area (Å²) < 4.78 is 15.5. The Labute approximate surface area is 337 Å². The van der Waals surface area contributed by atoms with Gasteiger partial charge in [0, 0.05) is 47.8 Å². The van der Waals surface area contributed by atoms with Crippen LogP contribution in [0.4, 0.5) is 0 Å². The van der Waals surface area contributed by atoms with E-state index in [1.807, 2.05) is 47.7 Å². The fraction of sp³-hybridized carbons (Fsp3) is 0.0189. The van der Waals surface area contributed by atoms with Crippen LogP contribution in [0.2, 0.25) is 0 Å². The fourth-order valence-electron chi connectivity index (χ4n) is 9.74. The predicted molar refractivity (Wildman–Crippen MR) is 236 cm³/mol. The van der Waals surface area contributed by atoms with Gasteiger partial charge < -0.3 is 9.15 Å². The van der Waals surface area contributed by atoms with Crippen molar-refractivity contribution in [1.29, 1.82) is 0 Å². The monoisotopic (exact) mass is 758 g/mol. The van der Waals surface area contributed by atoms with Gasteiger partial charge in [0.1, 0.15) is 28.3 Å². The number of fused-ring (bicyclic) bond motifs is 15. The van der Waals surface area contributed by atoms with E-state index in [9.17, 15) is 0 Å². The largest absolute Gasteiger partial charge is 0.457 e. The molecular weight excluding hydrogens is 729 g/mol. The van der Waals surface area contributed by atoms with Crippen LogP contribution in [0.15, 0.2) is 186 Å². The van der Waals surface area contributed by atoms with Crippen LogP contribution in [0.5, 0.6) is 11.5 Å². The summed E-state index contributed by atoms with van der Waals surface area (Å²) in [4.78, 5) is 10.2. The van der Waals surface area contributed by atoms with Crippen molar-refractivity contribution in [3.8, 4) is 56.4 Å². The third kappa shape index (κ3) is 4.28. The van der Waals surface area contributed by atoms with Crippen LogP contribution in [0, 0.1) is 0 Å². The number of aromatic nitrogens is 2. The molecule has 4 heterocycles. The van der Waals surface area contributed by atoms with Crippen LogP contribution < -0.4 is 4.74 Å². The smallest absolute Gasteiger partial charge is 0.180 e. The molecule has 0 amide bonds. The molecule has 1 spiro atoms. The maximum atomic E-state index is 6.58. The molecule has 0 radical (unpaired) electrons. The summed E-state index contributed by atoms with van der Waals surface area (Å²) >= 11 is 1.81. The molecule has 0 atom stereocenters. The number of benzene rings is 8. The molecule has 11 aromatic rings. The highest BCUT2D eigenvalue weighted by Crippen LogP contribution is 2.63. The van der Waals surface area contributed by atoms with Crippen molar-refractivity contribution in [2.75, 3.05) is 0 Å².